The predicted molar refractivity (Wildman–Crippen MR) is 98.6 cm³/mol. The summed E-state index contributed by atoms with van der Waals surface area (Å²) in [6, 6.07) is 10.2. The van der Waals surface area contributed by atoms with Crippen LogP contribution in [-0.2, 0) is 4.79 Å². The molecule has 1 aliphatic heterocycles. The maximum Gasteiger partial charge on any atom is 0.271 e. The van der Waals surface area contributed by atoms with Crippen LogP contribution < -0.4 is 15.6 Å². The molecule has 1 aromatic heterocycles. The average Bonchev–Trinajstić information content (AvgIpc) is 2.68. The number of aromatic amines is 1. The highest BCUT2D eigenvalue weighted by molar-refractivity contribution is 5.92. The second kappa shape index (κ2) is 8.48. The molecule has 8 nitrogen and oxygen atoms in total. The Hall–Kier alpha value is -3.16. The zero-order valence-corrected chi connectivity index (χ0v) is 15.1. The molecule has 0 saturated carbocycles. The smallest absolute Gasteiger partial charge is 0.271 e. The zero-order chi connectivity index (χ0) is 19.2. The highest BCUT2D eigenvalue weighted by Crippen LogP contribution is 2.14. The Labute approximate surface area is 156 Å². The number of H-pyrrole nitrogens is 1. The fraction of sp³-hybridized carbons (Fsp3) is 0.368. The number of nitrogens with one attached hydrogen (secondary N) is 2. The first-order chi connectivity index (χ1) is 13.0. The van der Waals surface area contributed by atoms with Crippen molar-refractivity contribution in [2.75, 3.05) is 19.7 Å². The minimum Gasteiger partial charge on any atom is -0.484 e. The van der Waals surface area contributed by atoms with Crippen molar-refractivity contribution in [1.82, 2.24) is 20.4 Å². The summed E-state index contributed by atoms with van der Waals surface area (Å²) in [4.78, 5) is 37.2. The molecule has 2 amide bonds. The van der Waals surface area contributed by atoms with Crippen LogP contribution >= 0.6 is 0 Å². The molecule has 8 heteroatoms. The van der Waals surface area contributed by atoms with Gasteiger partial charge in [0.15, 0.2) is 6.61 Å². The van der Waals surface area contributed by atoms with Crippen LogP contribution in [0.4, 0.5) is 0 Å². The Morgan fingerprint density at radius 2 is 1.89 bits per heavy atom. The van der Waals surface area contributed by atoms with Crippen LogP contribution in [0.5, 0.6) is 5.75 Å². The van der Waals surface area contributed by atoms with Crippen molar-refractivity contribution in [3.63, 3.8) is 0 Å². The van der Waals surface area contributed by atoms with E-state index in [9.17, 15) is 14.4 Å². The number of carbonyl (C=O) groups excluding carboxylic acids is 2. The number of piperidine rings is 1. The van der Waals surface area contributed by atoms with Gasteiger partial charge in [0.1, 0.15) is 11.4 Å². The SMILES string of the molecule is Cc1ccc(OCC(=O)N2CCC(NC(=O)c3ccc(=O)[nH]n3)CC2)cc1. The third-order valence-electron chi connectivity index (χ3n) is 4.48. The molecular formula is C19H22N4O4. The summed E-state index contributed by atoms with van der Waals surface area (Å²) in [6.45, 7) is 3.10. The summed E-state index contributed by atoms with van der Waals surface area (Å²) >= 11 is 0. The Morgan fingerprint density at radius 1 is 1.19 bits per heavy atom. The van der Waals surface area contributed by atoms with E-state index in [0.717, 1.165) is 5.56 Å². The molecule has 2 aromatic rings. The van der Waals surface area contributed by atoms with Crippen molar-refractivity contribution in [2.45, 2.75) is 25.8 Å². The number of rotatable bonds is 5. The van der Waals surface area contributed by atoms with Gasteiger partial charge in [0.05, 0.1) is 0 Å². The molecule has 2 heterocycles. The molecule has 27 heavy (non-hydrogen) atoms. The minimum absolute atomic E-state index is 0.00137. The number of hydrogen-bond donors (Lipinski definition) is 2. The molecule has 1 aromatic carbocycles. The lowest BCUT2D eigenvalue weighted by Gasteiger charge is -2.32. The quantitative estimate of drug-likeness (QED) is 0.813. The average molecular weight is 370 g/mol. The summed E-state index contributed by atoms with van der Waals surface area (Å²) in [7, 11) is 0. The van der Waals surface area contributed by atoms with Gasteiger partial charge in [-0.3, -0.25) is 14.4 Å². The lowest BCUT2D eigenvalue weighted by atomic mass is 10.0. The topological polar surface area (TPSA) is 104 Å². The van der Waals surface area contributed by atoms with Crippen molar-refractivity contribution >= 4 is 11.8 Å². The number of carbonyl (C=O) groups is 2. The van der Waals surface area contributed by atoms with E-state index in [1.165, 1.54) is 12.1 Å². The lowest BCUT2D eigenvalue weighted by Crippen LogP contribution is -2.47. The molecule has 1 fully saturated rings. The molecule has 0 spiro atoms. The van der Waals surface area contributed by atoms with E-state index in [2.05, 4.69) is 15.5 Å². The fourth-order valence-electron chi connectivity index (χ4n) is 2.87. The van der Waals surface area contributed by atoms with E-state index in [1.54, 1.807) is 4.90 Å². The highest BCUT2D eigenvalue weighted by Gasteiger charge is 2.24. The number of nitrogens with zero attached hydrogens (tertiary/aromatic N) is 2. The molecule has 3 rings (SSSR count). The Kier molecular flexibility index (Phi) is 5.85. The third kappa shape index (κ3) is 5.16. The van der Waals surface area contributed by atoms with E-state index < -0.39 is 0 Å². The van der Waals surface area contributed by atoms with Gasteiger partial charge < -0.3 is 15.0 Å². The predicted octanol–water partition coefficient (Wildman–Crippen LogP) is 0.878. The molecule has 0 unspecified atom stereocenters. The van der Waals surface area contributed by atoms with Gasteiger partial charge in [0.2, 0.25) is 0 Å². The molecule has 2 N–H and O–H groups in total. The van der Waals surface area contributed by atoms with Crippen molar-refractivity contribution in [3.8, 4) is 5.75 Å². The number of aryl methyl sites for hydroxylation is 1. The number of amides is 2. The van der Waals surface area contributed by atoms with Gasteiger partial charge in [0, 0.05) is 25.2 Å². The first kappa shape index (κ1) is 18.6. The van der Waals surface area contributed by atoms with Crippen LogP contribution in [0.15, 0.2) is 41.2 Å². The molecule has 0 bridgehead atoms. The van der Waals surface area contributed by atoms with E-state index in [0.29, 0.717) is 31.7 Å². The number of hydrogen-bond acceptors (Lipinski definition) is 5. The standard InChI is InChI=1S/C19H22N4O4/c1-13-2-4-15(5-3-13)27-12-18(25)23-10-8-14(9-11-23)20-19(26)16-6-7-17(24)22-21-16/h2-7,14H,8-12H2,1H3,(H,20,26)(H,22,24). The maximum absolute atomic E-state index is 12.3. The largest absolute Gasteiger partial charge is 0.484 e. The van der Waals surface area contributed by atoms with Gasteiger partial charge in [-0.2, -0.15) is 5.10 Å². The van der Waals surface area contributed by atoms with E-state index >= 15 is 0 Å². The third-order valence-corrected chi connectivity index (χ3v) is 4.48. The zero-order valence-electron chi connectivity index (χ0n) is 15.1. The van der Waals surface area contributed by atoms with Gasteiger partial charge in [-0.25, -0.2) is 5.10 Å². The fourth-order valence-corrected chi connectivity index (χ4v) is 2.87. The van der Waals surface area contributed by atoms with Gasteiger partial charge >= 0.3 is 0 Å². The Bertz CT molecular complexity index is 834. The molecule has 0 atom stereocenters. The molecule has 142 valence electrons. The number of aromatic nitrogens is 2. The van der Waals surface area contributed by atoms with Crippen molar-refractivity contribution < 1.29 is 14.3 Å². The van der Waals surface area contributed by atoms with Gasteiger partial charge in [0.25, 0.3) is 17.4 Å². The van der Waals surface area contributed by atoms with Crippen LogP contribution in [0.1, 0.15) is 28.9 Å². The second-order valence-electron chi connectivity index (χ2n) is 6.54. The monoisotopic (exact) mass is 370 g/mol. The molecule has 0 radical (unpaired) electrons. The molecular weight excluding hydrogens is 348 g/mol. The van der Waals surface area contributed by atoms with Crippen molar-refractivity contribution in [2.24, 2.45) is 0 Å². The summed E-state index contributed by atoms with van der Waals surface area (Å²) in [5.41, 5.74) is 0.945. The number of ether oxygens (including phenoxy) is 1. The van der Waals surface area contributed by atoms with Crippen LogP contribution in [0.3, 0.4) is 0 Å². The summed E-state index contributed by atoms with van der Waals surface area (Å²) < 4.78 is 5.54. The Morgan fingerprint density at radius 3 is 2.52 bits per heavy atom. The van der Waals surface area contributed by atoms with Crippen molar-refractivity contribution in [3.05, 3.63) is 58.0 Å². The molecule has 1 saturated heterocycles. The summed E-state index contributed by atoms with van der Waals surface area (Å²) in [5, 5.41) is 8.84. The normalized spacial score (nSPS) is 14.6. The summed E-state index contributed by atoms with van der Waals surface area (Å²) in [5.74, 6) is 0.269. The van der Waals surface area contributed by atoms with E-state index in [1.807, 2.05) is 31.2 Å². The Balaban J connectivity index is 1.43. The maximum atomic E-state index is 12.3. The van der Waals surface area contributed by atoms with E-state index in [-0.39, 0.29) is 35.7 Å². The minimum atomic E-state index is -0.355. The number of benzene rings is 1. The second-order valence-corrected chi connectivity index (χ2v) is 6.54. The van der Waals surface area contributed by atoms with E-state index in [4.69, 9.17) is 4.74 Å². The van der Waals surface area contributed by atoms with Crippen LogP contribution in [0, 0.1) is 6.92 Å². The van der Waals surface area contributed by atoms with Crippen LogP contribution in [0.2, 0.25) is 0 Å². The van der Waals surface area contributed by atoms with Gasteiger partial charge in [-0.15, -0.1) is 0 Å². The van der Waals surface area contributed by atoms with Gasteiger partial charge in [-0.05, 0) is 38.0 Å². The molecule has 1 aliphatic rings. The first-order valence-corrected chi connectivity index (χ1v) is 8.85. The van der Waals surface area contributed by atoms with Gasteiger partial charge in [-0.1, -0.05) is 17.7 Å². The van der Waals surface area contributed by atoms with Crippen molar-refractivity contribution in [1.29, 1.82) is 0 Å². The molecule has 0 aliphatic carbocycles. The number of likely N-dealkylation sites (tertiary alicyclic amines) is 1. The summed E-state index contributed by atoms with van der Waals surface area (Å²) in [6.07, 6.45) is 1.32. The van der Waals surface area contributed by atoms with Crippen LogP contribution in [-0.4, -0.2) is 52.6 Å². The lowest BCUT2D eigenvalue weighted by molar-refractivity contribution is -0.134. The van der Waals surface area contributed by atoms with Crippen LogP contribution in [0.25, 0.3) is 0 Å². The first-order valence-electron chi connectivity index (χ1n) is 8.85. The highest BCUT2D eigenvalue weighted by atomic mass is 16.5.